The van der Waals surface area contributed by atoms with Crippen LogP contribution in [0, 0.1) is 30.6 Å². The van der Waals surface area contributed by atoms with Gasteiger partial charge in [-0.1, -0.05) is 0 Å². The Kier molecular flexibility index (Phi) is 111. The molecule has 0 spiro atoms. The number of nitrogens with two attached hydrogens (primary N) is 4. The van der Waals surface area contributed by atoms with Crippen LogP contribution in [0.2, 0.25) is 0 Å². The minimum atomic E-state index is -1.75. The van der Waals surface area contributed by atoms with Crippen molar-refractivity contribution >= 4 is 38.7 Å². The maximum absolute atomic E-state index is 8.25. The summed E-state index contributed by atoms with van der Waals surface area (Å²) in [5, 5.41) is 29.5. The van der Waals surface area contributed by atoms with Crippen LogP contribution >= 0.6 is 38.7 Å². The van der Waals surface area contributed by atoms with Crippen molar-refractivity contribution in [2.24, 2.45) is 22.9 Å². The van der Waals surface area contributed by atoms with Gasteiger partial charge in [0, 0.05) is 26.2 Å². The van der Waals surface area contributed by atoms with E-state index in [4.69, 9.17) is 53.6 Å². The molecule has 0 aromatic carbocycles. The summed E-state index contributed by atoms with van der Waals surface area (Å²) < 4.78 is 0. The Morgan fingerprint density at radius 3 is 0.700 bits per heavy atom. The Labute approximate surface area is 159 Å². The van der Waals surface area contributed by atoms with Crippen LogP contribution in [0.1, 0.15) is 0 Å². The summed E-state index contributed by atoms with van der Waals surface area (Å²) >= 11 is 8.46. The Balaban J connectivity index is -0.0000000301. The number of hydrogen-bond donors (Lipinski definition) is 4. The quantitative estimate of drug-likeness (QED) is 0.152. The van der Waals surface area contributed by atoms with Crippen LogP contribution in [0.15, 0.2) is 0 Å². The van der Waals surface area contributed by atoms with Gasteiger partial charge in [-0.15, -0.1) is 0 Å². The van der Waals surface area contributed by atoms with Gasteiger partial charge in [-0.05, 0) is 0 Å². The molecule has 0 aliphatic rings. The molecule has 132 valence electrons. The molecule has 0 bridgehead atoms. The molecule has 0 saturated heterocycles. The van der Waals surface area contributed by atoms with Gasteiger partial charge in [-0.2, -0.15) is 0 Å². The zero-order valence-electron chi connectivity index (χ0n) is 9.87. The number of halogens is 2. The first-order valence-corrected chi connectivity index (χ1v) is 16.9. The van der Waals surface area contributed by atoms with Gasteiger partial charge in [0.1, 0.15) is 0 Å². The van der Waals surface area contributed by atoms with Crippen molar-refractivity contribution in [3.8, 4) is 0 Å². The van der Waals surface area contributed by atoms with E-state index in [-0.39, 0.29) is 0 Å². The van der Waals surface area contributed by atoms with Crippen LogP contribution < -0.4 is 22.9 Å². The van der Waals surface area contributed by atoms with E-state index in [9.17, 15) is 0 Å². The van der Waals surface area contributed by atoms with E-state index in [0.717, 1.165) is 0 Å². The molecule has 0 unspecified atom stereocenters. The zero-order valence-corrected chi connectivity index (χ0v) is 18.7. The fourth-order valence-electron chi connectivity index (χ4n) is 0. The first kappa shape index (κ1) is 37.4. The van der Waals surface area contributed by atoms with Crippen LogP contribution in [0.4, 0.5) is 0 Å². The topological polar surface area (TPSA) is 236 Å². The second kappa shape index (κ2) is 59.5. The summed E-state index contributed by atoms with van der Waals surface area (Å²) in [5.41, 5.74) is 19.6. The molecule has 0 rings (SSSR count). The molecule has 0 atom stereocenters. The van der Waals surface area contributed by atoms with Gasteiger partial charge in [0.2, 0.25) is 0 Å². The molecule has 20 heavy (non-hydrogen) atoms. The van der Waals surface area contributed by atoms with Crippen LogP contribution in [0.5, 0.6) is 0 Å². The van der Waals surface area contributed by atoms with Gasteiger partial charge in [-0.25, -0.2) is 0 Å². The van der Waals surface area contributed by atoms with E-state index < -0.39 is 10.2 Å². The molecule has 0 aliphatic carbocycles. The van der Waals surface area contributed by atoms with Crippen LogP contribution in [-0.2, 0) is 32.3 Å². The summed E-state index contributed by atoms with van der Waals surface area (Å²) in [6, 6.07) is 0. The minimum absolute atomic E-state index is 0.597. The first-order valence-electron chi connectivity index (χ1n) is 3.97. The van der Waals surface area contributed by atoms with Gasteiger partial charge >= 0.3 is 71.0 Å². The number of hydrogen-bond acceptors (Lipinski definition) is 10. The molecule has 0 amide bonds. The molecule has 0 aromatic rings. The van der Waals surface area contributed by atoms with Crippen molar-refractivity contribution in [1.29, 1.82) is 0 Å². The summed E-state index contributed by atoms with van der Waals surface area (Å²) in [6.45, 7) is 2.39. The van der Waals surface area contributed by atoms with E-state index in [1.165, 1.54) is 0 Å². The SMILES string of the molecule is NCCN.NCCN.O=[N+]([O-])[O-].O=[N+]([O-])[O-].[I][Pt+].[I][Pt+]. The normalized spacial score (nSPS) is 6.10. The first-order chi connectivity index (χ1) is 9.29. The summed E-state index contributed by atoms with van der Waals surface area (Å²) in [6.07, 6.45) is 0. The Hall–Kier alpha value is 1.08. The number of nitrogens with zero attached hydrogens (tertiary/aromatic N) is 2. The Morgan fingerprint density at radius 2 is 0.700 bits per heavy atom. The van der Waals surface area contributed by atoms with E-state index in [1.807, 2.05) is 0 Å². The Bertz CT molecular complexity index is 135. The molecular weight excluding hydrogens is 872 g/mol. The molecule has 0 aromatic heterocycles. The second-order valence-electron chi connectivity index (χ2n) is 1.60. The van der Waals surface area contributed by atoms with Crippen molar-refractivity contribution in [3.05, 3.63) is 30.6 Å². The predicted molar refractivity (Wildman–Crippen MR) is 85.0 cm³/mol. The molecule has 0 radical (unpaired) electrons. The van der Waals surface area contributed by atoms with E-state index >= 15 is 0 Å². The van der Waals surface area contributed by atoms with Gasteiger partial charge in [-0.3, -0.25) is 0 Å². The van der Waals surface area contributed by atoms with Gasteiger partial charge in [0.05, 0.1) is 10.2 Å². The fourth-order valence-corrected chi connectivity index (χ4v) is 0. The second-order valence-corrected chi connectivity index (χ2v) is 1.60. The standard InChI is InChI=1S/2C2H8N2.2HI.2NO3.2Pt/c2*3-1-2-4;;;2*2-1(3)4;;/h2*1-4H2;2*1H;;;;/q;;;;2*-1;2*+2/p-2. The predicted octanol–water partition coefficient (Wildman–Crippen LogP) is -0.904. The average Bonchev–Trinajstić information content (AvgIpc) is 2.42. The average molecular weight is 888 g/mol. The van der Waals surface area contributed by atoms with Crippen molar-refractivity contribution in [1.82, 2.24) is 0 Å². The van der Waals surface area contributed by atoms with Gasteiger partial charge in [0.15, 0.2) is 0 Å². The maximum atomic E-state index is 8.25. The van der Waals surface area contributed by atoms with E-state index in [1.54, 1.807) is 0 Å². The third kappa shape index (κ3) is 659. The van der Waals surface area contributed by atoms with Crippen LogP contribution in [0.3, 0.4) is 0 Å². The van der Waals surface area contributed by atoms with Crippen LogP contribution in [0.25, 0.3) is 0 Å². The van der Waals surface area contributed by atoms with E-state index in [0.29, 0.717) is 26.2 Å². The van der Waals surface area contributed by atoms with Crippen molar-refractivity contribution in [3.63, 3.8) is 0 Å². The monoisotopic (exact) mass is 888 g/mol. The number of rotatable bonds is 2. The molecule has 16 heteroatoms. The summed E-state index contributed by atoms with van der Waals surface area (Å²) in [5.74, 6) is 0. The van der Waals surface area contributed by atoms with Crippen molar-refractivity contribution < 1.29 is 42.4 Å². The molecule has 0 aliphatic heterocycles. The summed E-state index contributed by atoms with van der Waals surface area (Å²) in [7, 11) is 0. The van der Waals surface area contributed by atoms with Crippen LogP contribution in [-0.4, -0.2) is 36.4 Å². The molecule has 12 nitrogen and oxygen atoms in total. The van der Waals surface area contributed by atoms with Crippen molar-refractivity contribution in [2.45, 2.75) is 0 Å². The third-order valence-electron chi connectivity index (χ3n) is 0.333. The molecule has 0 fully saturated rings. The molecule has 8 N–H and O–H groups in total. The van der Waals surface area contributed by atoms with Crippen molar-refractivity contribution in [2.75, 3.05) is 26.2 Å². The fraction of sp³-hybridized carbons (Fsp3) is 1.00. The molecular formula is C4H16I2N6O6Pt2. The van der Waals surface area contributed by atoms with Gasteiger partial charge < -0.3 is 53.6 Å². The summed E-state index contributed by atoms with van der Waals surface area (Å²) in [4.78, 5) is 16.5. The zero-order chi connectivity index (χ0) is 18.0. The van der Waals surface area contributed by atoms with E-state index in [2.05, 4.69) is 71.0 Å². The molecule has 0 saturated carbocycles. The Morgan fingerprint density at radius 1 is 0.650 bits per heavy atom. The molecule has 0 heterocycles. The third-order valence-corrected chi connectivity index (χ3v) is 0.333. The van der Waals surface area contributed by atoms with Gasteiger partial charge in [0.25, 0.3) is 0 Å².